The number of rotatable bonds is 5. The van der Waals surface area contributed by atoms with E-state index in [1.165, 1.54) is 0 Å². The molecular formula is C14H16F3NO3. The predicted octanol–water partition coefficient (Wildman–Crippen LogP) is 3.78. The minimum Gasteiger partial charge on any atom is -0.478 e. The molecule has 1 unspecified atom stereocenters. The number of aromatic carboxylic acids is 1. The molecule has 2 N–H and O–H groups in total. The third kappa shape index (κ3) is 4.47. The van der Waals surface area contributed by atoms with Crippen molar-refractivity contribution in [3.8, 4) is 0 Å². The summed E-state index contributed by atoms with van der Waals surface area (Å²) >= 11 is 0. The first-order valence-corrected chi connectivity index (χ1v) is 6.42. The van der Waals surface area contributed by atoms with Crippen molar-refractivity contribution in [2.24, 2.45) is 5.92 Å². The highest BCUT2D eigenvalue weighted by Crippen LogP contribution is 2.32. The van der Waals surface area contributed by atoms with Crippen LogP contribution in [-0.2, 0) is 11.0 Å². The zero-order chi connectivity index (χ0) is 16.2. The number of benzene rings is 1. The van der Waals surface area contributed by atoms with Crippen LogP contribution in [-0.4, -0.2) is 17.0 Å². The molecule has 0 radical (unpaired) electrons. The topological polar surface area (TPSA) is 66.4 Å². The van der Waals surface area contributed by atoms with Crippen LogP contribution in [0.1, 0.15) is 42.6 Å². The van der Waals surface area contributed by atoms with Crippen LogP contribution in [0.15, 0.2) is 18.2 Å². The normalized spacial score (nSPS) is 12.8. The van der Waals surface area contributed by atoms with E-state index in [1.807, 2.05) is 6.92 Å². The number of hydrogen-bond donors (Lipinski definition) is 2. The van der Waals surface area contributed by atoms with Gasteiger partial charge in [-0.15, -0.1) is 0 Å². The van der Waals surface area contributed by atoms with Gasteiger partial charge in [-0.1, -0.05) is 20.3 Å². The van der Waals surface area contributed by atoms with Gasteiger partial charge in [-0.2, -0.15) is 13.2 Å². The van der Waals surface area contributed by atoms with Gasteiger partial charge in [0, 0.05) is 5.92 Å². The van der Waals surface area contributed by atoms with Crippen LogP contribution in [0.3, 0.4) is 0 Å². The average molecular weight is 303 g/mol. The molecule has 0 aromatic heterocycles. The van der Waals surface area contributed by atoms with Crippen molar-refractivity contribution in [2.45, 2.75) is 32.9 Å². The maximum atomic E-state index is 12.6. The first-order chi connectivity index (χ1) is 9.66. The molecule has 116 valence electrons. The van der Waals surface area contributed by atoms with Gasteiger partial charge >= 0.3 is 12.1 Å². The van der Waals surface area contributed by atoms with Gasteiger partial charge in [0.15, 0.2) is 0 Å². The summed E-state index contributed by atoms with van der Waals surface area (Å²) in [7, 11) is 0. The van der Waals surface area contributed by atoms with Crippen LogP contribution in [0, 0.1) is 5.92 Å². The number of carbonyl (C=O) groups excluding carboxylic acids is 1. The van der Waals surface area contributed by atoms with Gasteiger partial charge in [0.1, 0.15) is 0 Å². The molecular weight excluding hydrogens is 287 g/mol. The summed E-state index contributed by atoms with van der Waals surface area (Å²) in [5.41, 5.74) is -1.79. The Morgan fingerprint density at radius 2 is 1.95 bits per heavy atom. The van der Waals surface area contributed by atoms with Crippen molar-refractivity contribution in [1.82, 2.24) is 0 Å². The summed E-state index contributed by atoms with van der Waals surface area (Å²) in [6, 6.07) is 2.22. The van der Waals surface area contributed by atoms with Crippen molar-refractivity contribution in [2.75, 3.05) is 5.32 Å². The highest BCUT2D eigenvalue weighted by Gasteiger charge is 2.32. The second kappa shape index (κ2) is 6.60. The number of alkyl halides is 3. The maximum absolute atomic E-state index is 12.6. The standard InChI is InChI=1S/C14H16F3NO3/c1-3-4-8(2)12(19)18-11-6-5-9(14(15,16)17)7-10(11)13(20)21/h5-8H,3-4H2,1-2H3,(H,18,19)(H,20,21). The SMILES string of the molecule is CCCC(C)C(=O)Nc1ccc(C(F)(F)F)cc1C(=O)O. The molecule has 4 nitrogen and oxygen atoms in total. The molecule has 0 aliphatic carbocycles. The van der Waals surface area contributed by atoms with Gasteiger partial charge in [-0.3, -0.25) is 4.79 Å². The molecule has 0 bridgehead atoms. The fraction of sp³-hybridized carbons (Fsp3) is 0.429. The fourth-order valence-electron chi connectivity index (χ4n) is 1.83. The third-order valence-electron chi connectivity index (χ3n) is 3.00. The van der Waals surface area contributed by atoms with Crippen molar-refractivity contribution in [3.05, 3.63) is 29.3 Å². The van der Waals surface area contributed by atoms with Gasteiger partial charge in [-0.05, 0) is 24.6 Å². The van der Waals surface area contributed by atoms with E-state index in [4.69, 9.17) is 5.11 Å². The molecule has 0 aliphatic heterocycles. The number of carbonyl (C=O) groups is 2. The minimum absolute atomic E-state index is 0.136. The van der Waals surface area contributed by atoms with E-state index < -0.39 is 29.2 Å². The number of carboxylic acids is 1. The van der Waals surface area contributed by atoms with Crippen LogP contribution in [0.5, 0.6) is 0 Å². The van der Waals surface area contributed by atoms with E-state index >= 15 is 0 Å². The fourth-order valence-corrected chi connectivity index (χ4v) is 1.83. The van der Waals surface area contributed by atoms with Gasteiger partial charge in [-0.25, -0.2) is 4.79 Å². The summed E-state index contributed by atoms with van der Waals surface area (Å²) in [5.74, 6) is -2.29. The van der Waals surface area contributed by atoms with E-state index in [0.29, 0.717) is 12.5 Å². The van der Waals surface area contributed by atoms with E-state index in [9.17, 15) is 22.8 Å². The lowest BCUT2D eigenvalue weighted by Crippen LogP contribution is -2.22. The Hall–Kier alpha value is -2.05. The molecule has 0 spiro atoms. The number of carboxylic acid groups (broad SMARTS) is 1. The van der Waals surface area contributed by atoms with Gasteiger partial charge in [0.25, 0.3) is 0 Å². The lowest BCUT2D eigenvalue weighted by Gasteiger charge is -2.14. The first-order valence-electron chi connectivity index (χ1n) is 6.42. The van der Waals surface area contributed by atoms with Crippen LogP contribution in [0.2, 0.25) is 0 Å². The van der Waals surface area contributed by atoms with E-state index in [-0.39, 0.29) is 11.6 Å². The van der Waals surface area contributed by atoms with Crippen molar-refractivity contribution in [3.63, 3.8) is 0 Å². The van der Waals surface area contributed by atoms with Crippen LogP contribution in [0.25, 0.3) is 0 Å². The van der Waals surface area contributed by atoms with E-state index in [0.717, 1.165) is 18.6 Å². The Kier molecular flexibility index (Phi) is 5.34. The predicted molar refractivity (Wildman–Crippen MR) is 71.1 cm³/mol. The summed E-state index contributed by atoms with van der Waals surface area (Å²) in [6.45, 7) is 3.56. The smallest absolute Gasteiger partial charge is 0.416 e. The van der Waals surface area contributed by atoms with Crippen molar-refractivity contribution in [1.29, 1.82) is 0 Å². The van der Waals surface area contributed by atoms with Crippen molar-refractivity contribution >= 4 is 17.6 Å². The van der Waals surface area contributed by atoms with E-state index in [1.54, 1.807) is 6.92 Å². The van der Waals surface area contributed by atoms with Crippen LogP contribution in [0.4, 0.5) is 18.9 Å². The molecule has 1 aromatic rings. The first kappa shape index (κ1) is 17.0. The molecule has 0 heterocycles. The van der Waals surface area contributed by atoms with Gasteiger partial charge in [0.2, 0.25) is 5.91 Å². The Labute approximate surface area is 120 Å². The summed E-state index contributed by atoms with van der Waals surface area (Å²) in [5, 5.41) is 11.4. The number of hydrogen-bond acceptors (Lipinski definition) is 2. The van der Waals surface area contributed by atoms with Crippen LogP contribution < -0.4 is 5.32 Å². The molecule has 0 fully saturated rings. The summed E-state index contributed by atoms with van der Waals surface area (Å²) in [6.07, 6.45) is -3.26. The highest BCUT2D eigenvalue weighted by atomic mass is 19.4. The molecule has 7 heteroatoms. The summed E-state index contributed by atoms with van der Waals surface area (Å²) < 4.78 is 37.7. The molecule has 1 rings (SSSR count). The lowest BCUT2D eigenvalue weighted by molar-refractivity contribution is -0.137. The Morgan fingerprint density at radius 3 is 2.43 bits per heavy atom. The second-order valence-corrected chi connectivity index (χ2v) is 4.74. The molecule has 0 saturated carbocycles. The summed E-state index contributed by atoms with van der Waals surface area (Å²) in [4.78, 5) is 22.9. The minimum atomic E-state index is -4.64. The third-order valence-corrected chi connectivity index (χ3v) is 3.00. The zero-order valence-electron chi connectivity index (χ0n) is 11.6. The average Bonchev–Trinajstić information content (AvgIpc) is 2.37. The Morgan fingerprint density at radius 1 is 1.33 bits per heavy atom. The Bertz CT molecular complexity index is 541. The molecule has 1 aromatic carbocycles. The number of nitrogens with one attached hydrogen (secondary N) is 1. The van der Waals surface area contributed by atoms with Crippen LogP contribution >= 0.6 is 0 Å². The molecule has 0 saturated heterocycles. The second-order valence-electron chi connectivity index (χ2n) is 4.74. The largest absolute Gasteiger partial charge is 0.478 e. The molecule has 0 aliphatic rings. The number of anilines is 1. The highest BCUT2D eigenvalue weighted by molar-refractivity contribution is 6.01. The maximum Gasteiger partial charge on any atom is 0.416 e. The Balaban J connectivity index is 3.08. The van der Waals surface area contributed by atoms with E-state index in [2.05, 4.69) is 5.32 Å². The van der Waals surface area contributed by atoms with Gasteiger partial charge in [0.05, 0.1) is 16.8 Å². The molecule has 21 heavy (non-hydrogen) atoms. The quantitative estimate of drug-likeness (QED) is 0.870. The lowest BCUT2D eigenvalue weighted by atomic mass is 10.0. The van der Waals surface area contributed by atoms with Gasteiger partial charge < -0.3 is 10.4 Å². The monoisotopic (exact) mass is 303 g/mol. The molecule has 1 atom stereocenters. The number of halogens is 3. The number of amides is 1. The molecule has 1 amide bonds. The zero-order valence-corrected chi connectivity index (χ0v) is 11.6. The van der Waals surface area contributed by atoms with Crippen molar-refractivity contribution < 1.29 is 27.9 Å².